The lowest BCUT2D eigenvalue weighted by Crippen LogP contribution is -1.94. The van der Waals surface area contributed by atoms with Crippen LogP contribution in [0.25, 0.3) is 21.5 Å². The normalized spacial score (nSPS) is 10.2. The molecule has 0 aromatic heterocycles. The Morgan fingerprint density at radius 1 is 0.469 bits per heavy atom. The van der Waals surface area contributed by atoms with Gasteiger partial charge in [0.15, 0.2) is 0 Å². The standard InChI is InChI=1S/C31H20O/c1-32-30-18-10-17-28-27(21-19-23-11-4-2-5-12-23)25-15-8-9-16-26(25)29(31(28)30)22-20-24-13-6-3-7-14-24/h2-18H,1H3. The number of ether oxygens (including phenoxy) is 1. The molecular formula is C31H20O. The van der Waals surface area contributed by atoms with E-state index in [9.17, 15) is 0 Å². The van der Waals surface area contributed by atoms with E-state index in [1.807, 2.05) is 78.9 Å². The van der Waals surface area contributed by atoms with E-state index in [1.54, 1.807) is 7.11 Å². The van der Waals surface area contributed by atoms with Crippen LogP contribution in [0.4, 0.5) is 0 Å². The van der Waals surface area contributed by atoms with E-state index >= 15 is 0 Å². The van der Waals surface area contributed by atoms with E-state index in [1.165, 1.54) is 0 Å². The van der Waals surface area contributed by atoms with E-state index in [0.717, 1.165) is 49.5 Å². The minimum absolute atomic E-state index is 0.799. The molecule has 0 fully saturated rings. The summed E-state index contributed by atoms with van der Waals surface area (Å²) in [4.78, 5) is 0. The molecule has 0 unspecified atom stereocenters. The third-order valence-electron chi connectivity index (χ3n) is 5.44. The van der Waals surface area contributed by atoms with Gasteiger partial charge in [0.1, 0.15) is 5.75 Å². The lowest BCUT2D eigenvalue weighted by atomic mass is 9.91. The highest BCUT2D eigenvalue weighted by Crippen LogP contribution is 2.37. The molecule has 0 aliphatic carbocycles. The van der Waals surface area contributed by atoms with Crippen molar-refractivity contribution in [1.29, 1.82) is 0 Å². The summed E-state index contributed by atoms with van der Waals surface area (Å²) in [5, 5.41) is 4.21. The number of fused-ring (bicyclic) bond motifs is 2. The average molecular weight is 409 g/mol. The summed E-state index contributed by atoms with van der Waals surface area (Å²) in [7, 11) is 1.70. The van der Waals surface area contributed by atoms with Crippen LogP contribution in [0.3, 0.4) is 0 Å². The summed E-state index contributed by atoms with van der Waals surface area (Å²) in [5.74, 6) is 14.4. The number of benzene rings is 5. The molecule has 0 saturated carbocycles. The van der Waals surface area contributed by atoms with Crippen molar-refractivity contribution in [2.75, 3.05) is 7.11 Å². The van der Waals surface area contributed by atoms with Gasteiger partial charge in [0.25, 0.3) is 0 Å². The molecule has 1 nitrogen and oxygen atoms in total. The van der Waals surface area contributed by atoms with Crippen molar-refractivity contribution in [3.05, 3.63) is 125 Å². The van der Waals surface area contributed by atoms with Crippen LogP contribution in [0, 0.1) is 23.7 Å². The molecule has 0 saturated heterocycles. The van der Waals surface area contributed by atoms with E-state index in [2.05, 4.69) is 47.9 Å². The summed E-state index contributed by atoms with van der Waals surface area (Å²) >= 11 is 0. The Morgan fingerprint density at radius 3 is 1.56 bits per heavy atom. The largest absolute Gasteiger partial charge is 0.496 e. The zero-order chi connectivity index (χ0) is 21.8. The highest BCUT2D eigenvalue weighted by molar-refractivity contribution is 6.11. The van der Waals surface area contributed by atoms with Gasteiger partial charge in [-0.3, -0.25) is 0 Å². The Balaban J connectivity index is 1.85. The van der Waals surface area contributed by atoms with Gasteiger partial charge in [0, 0.05) is 33.0 Å². The smallest absolute Gasteiger partial charge is 0.128 e. The Hall–Kier alpha value is -4.46. The predicted octanol–water partition coefficient (Wildman–Crippen LogP) is 6.80. The van der Waals surface area contributed by atoms with Crippen molar-refractivity contribution in [2.45, 2.75) is 0 Å². The van der Waals surface area contributed by atoms with Crippen molar-refractivity contribution in [3.63, 3.8) is 0 Å². The maximum atomic E-state index is 5.77. The van der Waals surface area contributed by atoms with Crippen molar-refractivity contribution in [2.24, 2.45) is 0 Å². The zero-order valence-electron chi connectivity index (χ0n) is 17.7. The SMILES string of the molecule is COc1cccc2c(C#Cc3ccccc3)c3ccccc3c(C#Cc3ccccc3)c12. The fraction of sp³-hybridized carbons (Fsp3) is 0.0323. The minimum Gasteiger partial charge on any atom is -0.496 e. The summed E-state index contributed by atoms with van der Waals surface area (Å²) in [6.07, 6.45) is 0. The third kappa shape index (κ3) is 3.69. The molecule has 0 aliphatic rings. The number of hydrogen-bond donors (Lipinski definition) is 0. The van der Waals surface area contributed by atoms with Crippen LogP contribution in [-0.2, 0) is 0 Å². The van der Waals surface area contributed by atoms with Gasteiger partial charge >= 0.3 is 0 Å². The lowest BCUT2D eigenvalue weighted by molar-refractivity contribution is 0.420. The zero-order valence-corrected chi connectivity index (χ0v) is 17.7. The van der Waals surface area contributed by atoms with Gasteiger partial charge in [-0.15, -0.1) is 0 Å². The average Bonchev–Trinajstić information content (AvgIpc) is 2.87. The van der Waals surface area contributed by atoms with Crippen molar-refractivity contribution in [1.82, 2.24) is 0 Å². The predicted molar refractivity (Wildman–Crippen MR) is 133 cm³/mol. The van der Waals surface area contributed by atoms with Crippen molar-refractivity contribution >= 4 is 21.5 Å². The fourth-order valence-corrected chi connectivity index (χ4v) is 3.94. The van der Waals surface area contributed by atoms with Gasteiger partial charge in [-0.1, -0.05) is 96.5 Å². The van der Waals surface area contributed by atoms with Gasteiger partial charge < -0.3 is 4.74 Å². The van der Waals surface area contributed by atoms with Crippen LogP contribution in [0.15, 0.2) is 103 Å². The van der Waals surface area contributed by atoms with Gasteiger partial charge in [-0.05, 0) is 41.1 Å². The highest BCUT2D eigenvalue weighted by Gasteiger charge is 2.15. The molecule has 0 amide bonds. The van der Waals surface area contributed by atoms with E-state index in [-0.39, 0.29) is 0 Å². The summed E-state index contributed by atoms with van der Waals surface area (Å²) in [6, 6.07) is 34.6. The first-order chi connectivity index (χ1) is 15.8. The molecule has 0 bridgehead atoms. The van der Waals surface area contributed by atoms with Crippen LogP contribution in [0.5, 0.6) is 5.75 Å². The van der Waals surface area contributed by atoms with Gasteiger partial charge in [0.2, 0.25) is 0 Å². The van der Waals surface area contributed by atoms with E-state index in [0.29, 0.717) is 0 Å². The first-order valence-electron chi connectivity index (χ1n) is 10.5. The molecule has 0 N–H and O–H groups in total. The molecule has 0 aliphatic heterocycles. The topological polar surface area (TPSA) is 9.23 Å². The highest BCUT2D eigenvalue weighted by atomic mass is 16.5. The van der Waals surface area contributed by atoms with Crippen LogP contribution in [0.2, 0.25) is 0 Å². The summed E-state index contributed by atoms with van der Waals surface area (Å²) < 4.78 is 5.77. The molecule has 32 heavy (non-hydrogen) atoms. The number of rotatable bonds is 1. The maximum absolute atomic E-state index is 5.77. The minimum atomic E-state index is 0.799. The van der Waals surface area contributed by atoms with Crippen LogP contribution < -0.4 is 4.74 Å². The Labute approximate surface area is 188 Å². The Morgan fingerprint density at radius 2 is 0.969 bits per heavy atom. The molecule has 5 rings (SSSR count). The molecule has 0 heterocycles. The molecule has 0 atom stereocenters. The van der Waals surface area contributed by atoms with E-state index in [4.69, 9.17) is 4.74 Å². The van der Waals surface area contributed by atoms with Gasteiger partial charge in [0.05, 0.1) is 7.11 Å². The van der Waals surface area contributed by atoms with Crippen molar-refractivity contribution < 1.29 is 4.74 Å². The third-order valence-corrected chi connectivity index (χ3v) is 5.44. The molecular weight excluding hydrogens is 388 g/mol. The second-order valence-electron chi connectivity index (χ2n) is 7.41. The van der Waals surface area contributed by atoms with Crippen LogP contribution in [0.1, 0.15) is 22.3 Å². The molecule has 1 heteroatoms. The maximum Gasteiger partial charge on any atom is 0.128 e. The second-order valence-corrected chi connectivity index (χ2v) is 7.41. The van der Waals surface area contributed by atoms with Crippen LogP contribution >= 0.6 is 0 Å². The van der Waals surface area contributed by atoms with E-state index < -0.39 is 0 Å². The molecule has 5 aromatic rings. The summed E-state index contributed by atoms with van der Waals surface area (Å²) in [5.41, 5.74) is 3.92. The quantitative estimate of drug-likeness (QED) is 0.219. The Kier molecular flexibility index (Phi) is 5.32. The molecule has 150 valence electrons. The van der Waals surface area contributed by atoms with Crippen LogP contribution in [-0.4, -0.2) is 7.11 Å². The second kappa shape index (κ2) is 8.73. The van der Waals surface area contributed by atoms with Gasteiger partial charge in [-0.25, -0.2) is 0 Å². The lowest BCUT2D eigenvalue weighted by Gasteiger charge is -2.13. The van der Waals surface area contributed by atoms with Crippen molar-refractivity contribution in [3.8, 4) is 29.4 Å². The first-order valence-corrected chi connectivity index (χ1v) is 10.5. The molecule has 5 aromatic carbocycles. The first kappa shape index (κ1) is 19.5. The van der Waals surface area contributed by atoms with Gasteiger partial charge in [-0.2, -0.15) is 0 Å². The fourth-order valence-electron chi connectivity index (χ4n) is 3.94. The molecule has 0 radical (unpaired) electrons. The monoisotopic (exact) mass is 408 g/mol. The Bertz CT molecular complexity index is 1540. The number of methoxy groups -OCH3 is 1. The number of hydrogen-bond acceptors (Lipinski definition) is 1. The molecule has 0 spiro atoms. The summed E-state index contributed by atoms with van der Waals surface area (Å²) in [6.45, 7) is 0.